The molecule has 0 bridgehead atoms. The molecular weight excluding hydrogens is 402 g/mol. The zero-order chi connectivity index (χ0) is 21.3. The number of ether oxygens (including phenoxy) is 3. The van der Waals surface area contributed by atoms with Gasteiger partial charge in [-0.15, -0.1) is 0 Å². The third-order valence-corrected chi connectivity index (χ3v) is 5.51. The number of nitrogens with one attached hydrogen (secondary N) is 2. The van der Waals surface area contributed by atoms with E-state index in [2.05, 4.69) is 45.6 Å². The smallest absolute Gasteiger partial charge is 0.165 e. The highest BCUT2D eigenvalue weighted by molar-refractivity contribution is 6.07. The van der Waals surface area contributed by atoms with E-state index in [4.69, 9.17) is 14.2 Å². The summed E-state index contributed by atoms with van der Waals surface area (Å²) in [5.74, 6) is 3.78. The van der Waals surface area contributed by atoms with Crippen molar-refractivity contribution in [3.63, 3.8) is 0 Å². The molecule has 0 saturated heterocycles. The van der Waals surface area contributed by atoms with Crippen molar-refractivity contribution in [1.82, 2.24) is 9.97 Å². The molecule has 0 saturated carbocycles. The van der Waals surface area contributed by atoms with Crippen molar-refractivity contribution >= 4 is 27.6 Å². The predicted molar refractivity (Wildman–Crippen MR) is 125 cm³/mol. The Morgan fingerprint density at radius 3 is 2.66 bits per heavy atom. The van der Waals surface area contributed by atoms with E-state index in [-0.39, 0.29) is 0 Å². The van der Waals surface area contributed by atoms with Crippen LogP contribution in [0.3, 0.4) is 0 Å². The van der Waals surface area contributed by atoms with Crippen LogP contribution in [0.15, 0.2) is 79.0 Å². The largest absolute Gasteiger partial charge is 0.486 e. The van der Waals surface area contributed by atoms with Crippen molar-refractivity contribution in [3.8, 4) is 23.0 Å². The van der Waals surface area contributed by atoms with Gasteiger partial charge >= 0.3 is 0 Å². The molecule has 0 unspecified atom stereocenters. The summed E-state index contributed by atoms with van der Waals surface area (Å²) in [6, 6.07) is 24.0. The lowest BCUT2D eigenvalue weighted by atomic mass is 10.2. The Bertz CT molecular complexity index is 1430. The highest BCUT2D eigenvalue weighted by Gasteiger charge is 2.12. The van der Waals surface area contributed by atoms with Crippen molar-refractivity contribution in [2.75, 3.05) is 18.5 Å². The van der Waals surface area contributed by atoms with E-state index in [1.807, 2.05) is 48.7 Å². The van der Waals surface area contributed by atoms with Gasteiger partial charge in [0.2, 0.25) is 0 Å². The number of aromatic amines is 1. The molecule has 6 heteroatoms. The Balaban J connectivity index is 1.18. The minimum absolute atomic E-state index is 0.552. The number of fused-ring (bicyclic) bond motifs is 4. The van der Waals surface area contributed by atoms with Crippen molar-refractivity contribution in [2.24, 2.45) is 0 Å². The molecule has 0 spiro atoms. The van der Waals surface area contributed by atoms with Gasteiger partial charge in [-0.3, -0.25) is 0 Å². The van der Waals surface area contributed by atoms with Gasteiger partial charge in [0.1, 0.15) is 30.5 Å². The van der Waals surface area contributed by atoms with Gasteiger partial charge in [0.15, 0.2) is 11.5 Å². The van der Waals surface area contributed by atoms with Crippen molar-refractivity contribution in [2.45, 2.75) is 6.54 Å². The highest BCUT2D eigenvalue weighted by atomic mass is 16.6. The monoisotopic (exact) mass is 423 g/mol. The number of rotatable bonds is 5. The third-order valence-electron chi connectivity index (χ3n) is 5.51. The minimum atomic E-state index is 0.552. The quantitative estimate of drug-likeness (QED) is 0.369. The summed E-state index contributed by atoms with van der Waals surface area (Å²) in [7, 11) is 0. The van der Waals surface area contributed by atoms with Gasteiger partial charge in [0, 0.05) is 28.9 Å². The van der Waals surface area contributed by atoms with Crippen molar-refractivity contribution < 1.29 is 14.2 Å². The molecule has 0 aliphatic carbocycles. The molecule has 0 amide bonds. The number of H-pyrrole nitrogens is 1. The predicted octanol–water partition coefficient (Wildman–Crippen LogP) is 5.89. The summed E-state index contributed by atoms with van der Waals surface area (Å²) in [5.41, 5.74) is 3.25. The lowest BCUT2D eigenvalue weighted by Crippen LogP contribution is -2.15. The first-order chi connectivity index (χ1) is 15.8. The molecule has 158 valence electrons. The van der Waals surface area contributed by atoms with Crippen LogP contribution in [-0.2, 0) is 6.54 Å². The van der Waals surface area contributed by atoms with Crippen LogP contribution in [0.25, 0.3) is 21.8 Å². The summed E-state index contributed by atoms with van der Waals surface area (Å²) in [6.45, 7) is 1.76. The number of hydrogen-bond acceptors (Lipinski definition) is 5. The normalized spacial score (nSPS) is 12.8. The van der Waals surface area contributed by atoms with E-state index in [1.165, 1.54) is 5.39 Å². The number of benzene rings is 3. The molecule has 0 fully saturated rings. The summed E-state index contributed by atoms with van der Waals surface area (Å²) < 4.78 is 17.3. The summed E-state index contributed by atoms with van der Waals surface area (Å²) >= 11 is 0. The number of aromatic nitrogens is 2. The molecule has 3 aromatic carbocycles. The van der Waals surface area contributed by atoms with Gasteiger partial charge in [0.05, 0.1) is 11.7 Å². The first kappa shape index (κ1) is 18.6. The van der Waals surface area contributed by atoms with Gasteiger partial charge in [-0.25, -0.2) is 4.98 Å². The first-order valence-electron chi connectivity index (χ1n) is 10.6. The fourth-order valence-corrected chi connectivity index (χ4v) is 3.98. The Labute approximate surface area is 184 Å². The molecule has 32 heavy (non-hydrogen) atoms. The molecule has 1 aliphatic rings. The van der Waals surface area contributed by atoms with Crippen LogP contribution in [0.2, 0.25) is 0 Å². The highest BCUT2D eigenvalue weighted by Crippen LogP contribution is 2.35. The Morgan fingerprint density at radius 2 is 1.69 bits per heavy atom. The average Bonchev–Trinajstić information content (AvgIpc) is 3.21. The fraction of sp³-hybridized carbons (Fsp3) is 0.115. The van der Waals surface area contributed by atoms with E-state index in [1.54, 1.807) is 0 Å². The van der Waals surface area contributed by atoms with Gasteiger partial charge in [0.25, 0.3) is 0 Å². The lowest BCUT2D eigenvalue weighted by Gasteiger charge is -2.19. The zero-order valence-corrected chi connectivity index (χ0v) is 17.3. The van der Waals surface area contributed by atoms with Crippen LogP contribution in [0.5, 0.6) is 23.0 Å². The summed E-state index contributed by atoms with van der Waals surface area (Å²) in [6.07, 6.45) is 1.87. The van der Waals surface area contributed by atoms with Crippen LogP contribution in [0, 0.1) is 0 Å². The molecule has 2 aromatic heterocycles. The van der Waals surface area contributed by atoms with Crippen LogP contribution in [0.1, 0.15) is 5.56 Å². The van der Waals surface area contributed by atoms with Gasteiger partial charge in [-0.2, -0.15) is 0 Å². The molecule has 0 radical (unpaired) electrons. The SMILES string of the molecule is c1cc(CNc2cc3c(cn2)[nH]c2ccccc23)cc(Oc2ccc3c(c2)OCCO3)c1. The van der Waals surface area contributed by atoms with Crippen LogP contribution in [0.4, 0.5) is 5.82 Å². The second-order valence-corrected chi connectivity index (χ2v) is 7.69. The second-order valence-electron chi connectivity index (χ2n) is 7.69. The Kier molecular flexibility index (Phi) is 4.53. The minimum Gasteiger partial charge on any atom is -0.486 e. The average molecular weight is 423 g/mol. The summed E-state index contributed by atoms with van der Waals surface area (Å²) in [5, 5.41) is 5.78. The molecular formula is C26H21N3O3. The van der Waals surface area contributed by atoms with Crippen molar-refractivity contribution in [3.05, 3.63) is 84.6 Å². The lowest BCUT2D eigenvalue weighted by molar-refractivity contribution is 0.171. The maximum atomic E-state index is 6.05. The van der Waals surface area contributed by atoms with Gasteiger partial charge in [-0.1, -0.05) is 30.3 Å². The van der Waals surface area contributed by atoms with E-state index >= 15 is 0 Å². The van der Waals surface area contributed by atoms with Crippen LogP contribution < -0.4 is 19.5 Å². The van der Waals surface area contributed by atoms with Crippen molar-refractivity contribution in [1.29, 1.82) is 0 Å². The maximum absolute atomic E-state index is 6.05. The fourth-order valence-electron chi connectivity index (χ4n) is 3.98. The second kappa shape index (κ2) is 7.81. The number of hydrogen-bond donors (Lipinski definition) is 2. The zero-order valence-electron chi connectivity index (χ0n) is 17.3. The van der Waals surface area contributed by atoms with Gasteiger partial charge < -0.3 is 24.5 Å². The maximum Gasteiger partial charge on any atom is 0.165 e. The molecule has 2 N–H and O–H groups in total. The van der Waals surface area contributed by atoms with E-state index in [0.29, 0.717) is 31.3 Å². The Morgan fingerprint density at radius 1 is 0.812 bits per heavy atom. The summed E-state index contributed by atoms with van der Waals surface area (Å²) in [4.78, 5) is 7.95. The molecule has 1 aliphatic heterocycles. The molecule has 0 atom stereocenters. The van der Waals surface area contributed by atoms with Crippen LogP contribution in [-0.4, -0.2) is 23.2 Å². The first-order valence-corrected chi connectivity index (χ1v) is 10.6. The molecule has 6 rings (SSSR count). The molecule has 3 heterocycles. The van der Waals surface area contributed by atoms with Gasteiger partial charge in [-0.05, 0) is 42.0 Å². The number of pyridine rings is 1. The molecule has 5 aromatic rings. The Hall–Kier alpha value is -4.19. The van der Waals surface area contributed by atoms with E-state index in [0.717, 1.165) is 39.3 Å². The third kappa shape index (κ3) is 3.56. The standard InChI is InChI=1S/C26H21N3O3/c1-2-7-22-20(6-1)21-14-26(28-16-23(21)29-22)27-15-17-4-3-5-18(12-17)32-19-8-9-24-25(13-19)31-11-10-30-24/h1-9,12-14,16,29H,10-11,15H2,(H,27,28). The number of para-hydroxylation sites is 1. The van der Waals surface area contributed by atoms with E-state index in [9.17, 15) is 0 Å². The molecule has 6 nitrogen and oxygen atoms in total. The van der Waals surface area contributed by atoms with E-state index < -0.39 is 0 Å². The number of nitrogens with zero attached hydrogens (tertiary/aromatic N) is 1. The van der Waals surface area contributed by atoms with Crippen LogP contribution >= 0.6 is 0 Å². The topological polar surface area (TPSA) is 68.4 Å². The number of anilines is 1.